The zero-order valence-corrected chi connectivity index (χ0v) is 20.9. The van der Waals surface area contributed by atoms with Crippen LogP contribution >= 0.6 is 11.8 Å². The number of carbonyl (C=O) groups is 1. The molecule has 2 aromatic carbocycles. The minimum atomic E-state index is -4.98. The van der Waals surface area contributed by atoms with Crippen LogP contribution < -0.4 is 5.32 Å². The number of fused-ring (bicyclic) bond motifs is 1. The van der Waals surface area contributed by atoms with Crippen molar-refractivity contribution < 1.29 is 36.2 Å². The molecule has 14 heteroatoms. The van der Waals surface area contributed by atoms with Gasteiger partial charge in [-0.1, -0.05) is 12.1 Å². The molecule has 2 aliphatic heterocycles. The number of aliphatic hydroxyl groups excluding tert-OH is 1. The van der Waals surface area contributed by atoms with Gasteiger partial charge in [-0.25, -0.2) is 0 Å². The number of rotatable bonds is 4. The molecule has 1 saturated heterocycles. The Morgan fingerprint density at radius 1 is 1.10 bits per heavy atom. The van der Waals surface area contributed by atoms with Crippen molar-refractivity contribution in [1.82, 2.24) is 20.0 Å². The fourth-order valence-corrected chi connectivity index (χ4v) is 5.39. The minimum Gasteiger partial charge on any atom is -0.395 e. The number of aromatic nitrogens is 2. The molecule has 0 radical (unpaired) electrons. The van der Waals surface area contributed by atoms with Crippen LogP contribution in [0.4, 0.5) is 26.3 Å². The Morgan fingerprint density at radius 3 is 2.62 bits per heavy atom. The van der Waals surface area contributed by atoms with Crippen LogP contribution in [0.1, 0.15) is 22.3 Å². The van der Waals surface area contributed by atoms with Crippen molar-refractivity contribution >= 4 is 39.8 Å². The second-order valence-electron chi connectivity index (χ2n) is 9.08. The Morgan fingerprint density at radius 2 is 1.90 bits per heavy atom. The third-order valence-electron chi connectivity index (χ3n) is 6.38. The number of amidine groups is 1. The molecule has 0 saturated carbocycles. The molecule has 1 fully saturated rings. The van der Waals surface area contributed by atoms with Gasteiger partial charge in [0.2, 0.25) is 0 Å². The number of thioether (sulfide) groups is 1. The zero-order valence-electron chi connectivity index (χ0n) is 20.1. The van der Waals surface area contributed by atoms with Gasteiger partial charge in [-0.15, -0.1) is 0 Å². The number of piperazine rings is 1. The fraction of sp³-hybridized carbons (Fsp3) is 0.320. The van der Waals surface area contributed by atoms with Gasteiger partial charge in [-0.3, -0.25) is 9.48 Å². The van der Waals surface area contributed by atoms with E-state index in [2.05, 4.69) is 15.4 Å². The molecule has 3 heterocycles. The summed E-state index contributed by atoms with van der Waals surface area (Å²) in [6.45, 7) is 1.39. The largest absolute Gasteiger partial charge is 0.416 e. The molecule has 7 nitrogen and oxygen atoms in total. The lowest BCUT2D eigenvalue weighted by atomic mass is 10.0. The SMILES string of the molecule is O=C1N=C(N2CCNC(CO)C2)S/C1=C/c1ccc2c(cnn2Cc2ccc(C(F)(F)F)cc2C(F)(F)F)c1. The first-order valence-electron chi connectivity index (χ1n) is 11.8. The number of nitrogens with zero attached hydrogens (tertiary/aromatic N) is 4. The lowest BCUT2D eigenvalue weighted by Gasteiger charge is -2.33. The van der Waals surface area contributed by atoms with E-state index >= 15 is 0 Å². The van der Waals surface area contributed by atoms with Gasteiger partial charge in [0.05, 0.1) is 40.9 Å². The molecular formula is C25H21F6N5O2S. The van der Waals surface area contributed by atoms with E-state index < -0.39 is 29.4 Å². The van der Waals surface area contributed by atoms with E-state index in [1.165, 1.54) is 22.6 Å². The summed E-state index contributed by atoms with van der Waals surface area (Å²) in [7, 11) is 0. The highest BCUT2D eigenvalue weighted by atomic mass is 32.2. The molecule has 1 amide bonds. The van der Waals surface area contributed by atoms with Crippen LogP contribution in [-0.2, 0) is 23.7 Å². The van der Waals surface area contributed by atoms with Crippen molar-refractivity contribution in [2.24, 2.45) is 4.99 Å². The van der Waals surface area contributed by atoms with E-state index in [1.54, 1.807) is 24.3 Å². The Hall–Kier alpha value is -3.36. The summed E-state index contributed by atoms with van der Waals surface area (Å²) >= 11 is 1.22. The summed E-state index contributed by atoms with van der Waals surface area (Å²) in [4.78, 5) is 19.0. The summed E-state index contributed by atoms with van der Waals surface area (Å²) in [6, 6.07) is 6.45. The molecule has 5 rings (SSSR count). The first kappa shape index (κ1) is 27.2. The third kappa shape index (κ3) is 5.82. The van der Waals surface area contributed by atoms with Crippen LogP contribution in [0.2, 0.25) is 0 Å². The molecule has 1 atom stereocenters. The molecule has 39 heavy (non-hydrogen) atoms. The molecule has 0 bridgehead atoms. The van der Waals surface area contributed by atoms with Gasteiger partial charge in [0.15, 0.2) is 5.17 Å². The van der Waals surface area contributed by atoms with Crippen molar-refractivity contribution in [2.45, 2.75) is 24.9 Å². The monoisotopic (exact) mass is 569 g/mol. The summed E-state index contributed by atoms with van der Waals surface area (Å²) in [5.74, 6) is -0.396. The minimum absolute atomic E-state index is 0.0326. The maximum absolute atomic E-state index is 13.6. The van der Waals surface area contributed by atoms with Crippen molar-refractivity contribution in [1.29, 1.82) is 0 Å². The Bertz CT molecular complexity index is 1480. The standard InChI is InChI=1S/C25H21F6N5O2S/c26-24(27,28)17-3-2-15(19(9-17)25(29,30)31)11-36-20-4-1-14(7-16(20)10-33-36)8-21-22(38)34-23(39-21)35-6-5-32-18(12-35)13-37/h1-4,7-10,18,32,37H,5-6,11-13H2/b21-8+. The zero-order chi connectivity index (χ0) is 27.9. The Balaban J connectivity index is 1.36. The Kier molecular flexibility index (Phi) is 7.20. The number of carbonyl (C=O) groups excluding carboxylic acids is 1. The van der Waals surface area contributed by atoms with E-state index in [1.807, 2.05) is 4.90 Å². The van der Waals surface area contributed by atoms with Crippen LogP contribution in [-0.4, -0.2) is 63.1 Å². The maximum atomic E-state index is 13.6. The van der Waals surface area contributed by atoms with Gasteiger partial charge in [0, 0.05) is 31.1 Å². The molecule has 1 aromatic heterocycles. The number of hydrogen-bond acceptors (Lipinski definition) is 6. The molecule has 2 N–H and O–H groups in total. The average molecular weight is 570 g/mol. The van der Waals surface area contributed by atoms with E-state index in [0.717, 1.165) is 6.07 Å². The summed E-state index contributed by atoms with van der Waals surface area (Å²) < 4.78 is 80.9. The summed E-state index contributed by atoms with van der Waals surface area (Å²) in [6.07, 6.45) is -6.78. The van der Waals surface area contributed by atoms with Crippen LogP contribution in [0.15, 0.2) is 52.5 Å². The molecular weight excluding hydrogens is 548 g/mol. The highest BCUT2D eigenvalue weighted by Crippen LogP contribution is 2.38. The number of aliphatic imine (C=N–C) groups is 1. The van der Waals surface area contributed by atoms with Crippen LogP contribution in [0.3, 0.4) is 0 Å². The van der Waals surface area contributed by atoms with Gasteiger partial charge in [-0.05, 0) is 53.2 Å². The number of nitrogens with one attached hydrogen (secondary N) is 1. The second kappa shape index (κ2) is 10.3. The summed E-state index contributed by atoms with van der Waals surface area (Å²) in [5.41, 5.74) is -1.97. The van der Waals surface area contributed by atoms with Gasteiger partial charge >= 0.3 is 12.4 Å². The highest BCUT2D eigenvalue weighted by Gasteiger charge is 2.38. The van der Waals surface area contributed by atoms with Crippen molar-refractivity contribution in [3.05, 3.63) is 69.8 Å². The van der Waals surface area contributed by atoms with Crippen LogP contribution in [0, 0.1) is 0 Å². The first-order chi connectivity index (χ1) is 18.4. The van der Waals surface area contributed by atoms with Crippen LogP contribution in [0.25, 0.3) is 17.0 Å². The quantitative estimate of drug-likeness (QED) is 0.359. The molecule has 2 aliphatic rings. The topological polar surface area (TPSA) is 82.8 Å². The third-order valence-corrected chi connectivity index (χ3v) is 7.43. The number of amides is 1. The van der Waals surface area contributed by atoms with E-state index in [0.29, 0.717) is 52.2 Å². The van der Waals surface area contributed by atoms with Gasteiger partial charge < -0.3 is 15.3 Å². The molecule has 0 aliphatic carbocycles. The van der Waals surface area contributed by atoms with E-state index in [-0.39, 0.29) is 30.8 Å². The predicted octanol–water partition coefficient (Wildman–Crippen LogP) is 4.36. The number of aliphatic hydroxyl groups is 1. The van der Waals surface area contributed by atoms with E-state index in [9.17, 15) is 36.2 Å². The lowest BCUT2D eigenvalue weighted by molar-refractivity contribution is -0.143. The molecule has 1 unspecified atom stereocenters. The molecule has 206 valence electrons. The second-order valence-corrected chi connectivity index (χ2v) is 10.1. The smallest absolute Gasteiger partial charge is 0.395 e. The Labute approximate surface area is 222 Å². The normalized spacial score (nSPS) is 19.8. The molecule has 3 aromatic rings. The van der Waals surface area contributed by atoms with Gasteiger partial charge in [0.1, 0.15) is 0 Å². The number of halogens is 6. The van der Waals surface area contributed by atoms with Crippen molar-refractivity contribution in [3.63, 3.8) is 0 Å². The average Bonchev–Trinajstić information content (AvgIpc) is 3.45. The van der Waals surface area contributed by atoms with Crippen molar-refractivity contribution in [2.75, 3.05) is 26.2 Å². The number of hydrogen-bond donors (Lipinski definition) is 2. The first-order valence-corrected chi connectivity index (χ1v) is 12.6. The van der Waals surface area contributed by atoms with Gasteiger partial charge in [-0.2, -0.15) is 36.4 Å². The number of benzene rings is 2. The fourth-order valence-electron chi connectivity index (χ4n) is 4.44. The lowest BCUT2D eigenvalue weighted by Crippen LogP contribution is -2.53. The summed E-state index contributed by atoms with van der Waals surface area (Å²) in [5, 5.41) is 17.8. The maximum Gasteiger partial charge on any atom is 0.416 e. The van der Waals surface area contributed by atoms with E-state index in [4.69, 9.17) is 0 Å². The predicted molar refractivity (Wildman–Crippen MR) is 134 cm³/mol. The van der Waals surface area contributed by atoms with Gasteiger partial charge in [0.25, 0.3) is 5.91 Å². The number of alkyl halides is 6. The van der Waals surface area contributed by atoms with Crippen LogP contribution in [0.5, 0.6) is 0 Å². The highest BCUT2D eigenvalue weighted by molar-refractivity contribution is 8.18. The van der Waals surface area contributed by atoms with Crippen molar-refractivity contribution in [3.8, 4) is 0 Å². The molecule has 0 spiro atoms.